The standard InChI is InChI=1S/C46H58N8O5/c1-33(10-9-23-59-45(49-3)40(27-47)43-26-36(31-56)24-34(2)51-43)28-50-44-25-35(15-16-42(44)48)29-53-20-18-52(19-21-53)17-6-4-5-11-37-12-7-14-39-41(37)30-54(46(39)58)38(32-57)13-8-22-55/h7,12,14-16,22,24-27,31-33,38,47,49-50H,4,6,8-10,13,17-21,23,28-30,48H2,1-3H3/b45-40-,47-27?/t33-,38?/m1/s1. The van der Waals surface area contributed by atoms with Crippen LogP contribution in [-0.2, 0) is 27.4 Å². The molecular weight excluding hydrogens is 745 g/mol. The van der Waals surface area contributed by atoms with Gasteiger partial charge in [-0.25, -0.2) is 0 Å². The van der Waals surface area contributed by atoms with E-state index in [2.05, 4.69) is 56.3 Å². The molecule has 1 unspecified atom stereocenters. The van der Waals surface area contributed by atoms with Gasteiger partial charge in [0.25, 0.3) is 5.91 Å². The molecule has 2 aliphatic rings. The monoisotopic (exact) mass is 802 g/mol. The van der Waals surface area contributed by atoms with Gasteiger partial charge in [-0.05, 0) is 92.6 Å². The Hall–Kier alpha value is -5.84. The Morgan fingerprint density at radius 1 is 1.05 bits per heavy atom. The van der Waals surface area contributed by atoms with Crippen LogP contribution in [0.1, 0.15) is 94.2 Å². The first-order valence-corrected chi connectivity index (χ1v) is 20.5. The van der Waals surface area contributed by atoms with E-state index in [0.717, 1.165) is 113 Å². The average molecular weight is 803 g/mol. The third-order valence-corrected chi connectivity index (χ3v) is 10.9. The third kappa shape index (κ3) is 12.3. The number of fused-ring (bicyclic) bond motifs is 1. The molecule has 1 fully saturated rings. The number of hydrogen-bond donors (Lipinski definition) is 4. The van der Waals surface area contributed by atoms with Crippen LogP contribution in [0.15, 0.2) is 54.4 Å². The quantitative estimate of drug-likeness (QED) is 0.0259. The van der Waals surface area contributed by atoms with Gasteiger partial charge in [-0.1, -0.05) is 30.9 Å². The molecule has 1 saturated heterocycles. The third-order valence-electron chi connectivity index (χ3n) is 10.9. The van der Waals surface area contributed by atoms with Gasteiger partial charge in [0.1, 0.15) is 18.9 Å². The van der Waals surface area contributed by atoms with Crippen LogP contribution in [0.25, 0.3) is 5.57 Å². The molecule has 0 bridgehead atoms. The second kappa shape index (κ2) is 22.3. The maximum atomic E-state index is 13.0. The average Bonchev–Trinajstić information content (AvgIpc) is 3.58. The van der Waals surface area contributed by atoms with Crippen LogP contribution in [0, 0.1) is 30.1 Å². The summed E-state index contributed by atoms with van der Waals surface area (Å²) in [6.07, 6.45) is 7.54. The Bertz CT molecular complexity index is 2050. The summed E-state index contributed by atoms with van der Waals surface area (Å²) < 4.78 is 6.03. The molecule has 0 radical (unpaired) electrons. The Kier molecular flexibility index (Phi) is 16.8. The van der Waals surface area contributed by atoms with E-state index in [9.17, 15) is 19.2 Å². The highest BCUT2D eigenvalue weighted by Gasteiger charge is 2.33. The number of benzene rings is 2. The minimum Gasteiger partial charge on any atom is -0.479 e. The predicted molar refractivity (Wildman–Crippen MR) is 232 cm³/mol. The van der Waals surface area contributed by atoms with E-state index in [1.165, 1.54) is 11.8 Å². The highest BCUT2D eigenvalue weighted by Crippen LogP contribution is 2.28. The molecule has 0 aliphatic carbocycles. The van der Waals surface area contributed by atoms with Gasteiger partial charge in [0.15, 0.2) is 5.88 Å². The highest BCUT2D eigenvalue weighted by atomic mass is 16.5. The Morgan fingerprint density at radius 3 is 2.58 bits per heavy atom. The molecule has 2 aromatic carbocycles. The van der Waals surface area contributed by atoms with Crippen LogP contribution in [-0.4, -0.2) is 110 Å². The largest absolute Gasteiger partial charge is 0.479 e. The van der Waals surface area contributed by atoms with Crippen molar-refractivity contribution in [2.75, 3.05) is 64.0 Å². The van der Waals surface area contributed by atoms with E-state index in [4.69, 9.17) is 15.9 Å². The summed E-state index contributed by atoms with van der Waals surface area (Å²) >= 11 is 0. The zero-order valence-electron chi connectivity index (χ0n) is 34.6. The fraction of sp³-hybridized carbons (Fsp3) is 0.435. The number of unbranched alkanes of at least 4 members (excludes halogenated alkanes) is 1. The van der Waals surface area contributed by atoms with Crippen LogP contribution in [0.5, 0.6) is 0 Å². The molecule has 0 saturated carbocycles. The van der Waals surface area contributed by atoms with Crippen molar-refractivity contribution in [2.45, 2.75) is 71.5 Å². The van der Waals surface area contributed by atoms with Crippen molar-refractivity contribution in [3.8, 4) is 11.8 Å². The number of nitrogen functional groups attached to an aromatic ring is 1. The minimum absolute atomic E-state index is 0.178. The number of amides is 1. The van der Waals surface area contributed by atoms with Crippen molar-refractivity contribution >= 4 is 47.9 Å². The predicted octanol–water partition coefficient (Wildman–Crippen LogP) is 5.32. The number of nitrogens with two attached hydrogens (primary N) is 1. The Morgan fingerprint density at radius 2 is 1.85 bits per heavy atom. The van der Waals surface area contributed by atoms with Crippen LogP contribution in [0.3, 0.4) is 0 Å². The number of aryl methyl sites for hydroxylation is 1. The van der Waals surface area contributed by atoms with Gasteiger partial charge >= 0.3 is 0 Å². The zero-order valence-corrected chi connectivity index (χ0v) is 34.6. The number of aromatic nitrogens is 1. The van der Waals surface area contributed by atoms with Gasteiger partial charge in [0, 0.05) is 94.3 Å². The van der Waals surface area contributed by atoms with Gasteiger partial charge < -0.3 is 45.9 Å². The van der Waals surface area contributed by atoms with Crippen LogP contribution in [0.4, 0.5) is 11.4 Å². The maximum absolute atomic E-state index is 13.0. The highest BCUT2D eigenvalue weighted by molar-refractivity contribution is 6.08. The normalized spacial score (nSPS) is 15.6. The lowest BCUT2D eigenvalue weighted by Crippen LogP contribution is -2.46. The number of piperazine rings is 1. The van der Waals surface area contributed by atoms with Gasteiger partial charge in [-0.3, -0.25) is 19.5 Å². The molecule has 312 valence electrons. The Labute approximate surface area is 348 Å². The molecule has 1 aromatic heterocycles. The molecule has 2 atom stereocenters. The Balaban J connectivity index is 1.01. The summed E-state index contributed by atoms with van der Waals surface area (Å²) in [6.45, 7) is 11.4. The van der Waals surface area contributed by atoms with E-state index in [1.807, 2.05) is 25.1 Å². The summed E-state index contributed by atoms with van der Waals surface area (Å²) in [6, 6.07) is 14.6. The fourth-order valence-corrected chi connectivity index (χ4v) is 7.54. The molecule has 0 spiro atoms. The zero-order chi connectivity index (χ0) is 42.1. The van der Waals surface area contributed by atoms with Gasteiger partial charge in [0.2, 0.25) is 0 Å². The molecule has 3 heterocycles. The van der Waals surface area contributed by atoms with E-state index in [1.54, 1.807) is 30.1 Å². The summed E-state index contributed by atoms with van der Waals surface area (Å²) in [5, 5.41) is 14.6. The first-order chi connectivity index (χ1) is 28.7. The molecular formula is C46H58N8O5. The van der Waals surface area contributed by atoms with Crippen molar-refractivity contribution in [1.29, 1.82) is 5.41 Å². The number of rotatable bonds is 22. The van der Waals surface area contributed by atoms with E-state index >= 15 is 0 Å². The van der Waals surface area contributed by atoms with Crippen molar-refractivity contribution in [3.63, 3.8) is 0 Å². The number of anilines is 2. The SMILES string of the molecule is CN/C(OCCC[C@@H](C)CNc1cc(CN2CCN(CCCC#Cc3cccc4c3CN(C(C=O)CCC=O)C4=O)CC2)ccc1N)=C(\C=N)c1cc(C=O)cc(C)n1. The van der Waals surface area contributed by atoms with E-state index in [0.29, 0.717) is 59.5 Å². The van der Waals surface area contributed by atoms with E-state index in [-0.39, 0.29) is 12.3 Å². The molecule has 3 aromatic rings. The molecule has 5 rings (SSSR count). The number of pyridine rings is 1. The van der Waals surface area contributed by atoms with Gasteiger partial charge in [-0.2, -0.15) is 0 Å². The minimum atomic E-state index is -0.609. The number of carbonyl (C=O) groups excluding carboxylic acids is 4. The number of ether oxygens (including phenoxy) is 1. The molecule has 5 N–H and O–H groups in total. The lowest BCUT2D eigenvalue weighted by Gasteiger charge is -2.34. The molecule has 13 heteroatoms. The van der Waals surface area contributed by atoms with Crippen molar-refractivity contribution < 1.29 is 23.9 Å². The van der Waals surface area contributed by atoms with Crippen molar-refractivity contribution in [1.82, 2.24) is 25.0 Å². The van der Waals surface area contributed by atoms with Crippen molar-refractivity contribution in [2.24, 2.45) is 5.92 Å². The van der Waals surface area contributed by atoms with Gasteiger partial charge in [-0.15, -0.1) is 0 Å². The fourth-order valence-electron chi connectivity index (χ4n) is 7.54. The lowest BCUT2D eigenvalue weighted by atomic mass is 10.0. The summed E-state index contributed by atoms with van der Waals surface area (Å²) in [5.74, 6) is 7.23. The van der Waals surface area contributed by atoms with Gasteiger partial charge in [0.05, 0.1) is 35.3 Å². The molecule has 1 amide bonds. The molecule has 59 heavy (non-hydrogen) atoms. The number of hydrogen-bond acceptors (Lipinski definition) is 12. The van der Waals surface area contributed by atoms with Crippen LogP contribution in [0.2, 0.25) is 0 Å². The second-order valence-corrected chi connectivity index (χ2v) is 15.3. The smallest absolute Gasteiger partial charge is 0.255 e. The number of nitrogens with zero attached hydrogens (tertiary/aromatic N) is 4. The summed E-state index contributed by atoms with van der Waals surface area (Å²) in [4.78, 5) is 57.8. The van der Waals surface area contributed by atoms with Crippen LogP contribution >= 0.6 is 0 Å². The van der Waals surface area contributed by atoms with Crippen LogP contribution < -0.4 is 16.4 Å². The number of allylic oxidation sites excluding steroid dienone is 1. The van der Waals surface area contributed by atoms with E-state index < -0.39 is 6.04 Å². The molecule has 2 aliphatic heterocycles. The number of aldehydes is 3. The summed E-state index contributed by atoms with van der Waals surface area (Å²) in [5.41, 5.74) is 13.8. The number of nitrogens with one attached hydrogen (secondary N) is 3. The lowest BCUT2D eigenvalue weighted by molar-refractivity contribution is -0.112. The first-order valence-electron chi connectivity index (χ1n) is 20.5. The summed E-state index contributed by atoms with van der Waals surface area (Å²) in [7, 11) is 1.74. The van der Waals surface area contributed by atoms with Crippen molar-refractivity contribution in [3.05, 3.63) is 93.6 Å². The maximum Gasteiger partial charge on any atom is 0.255 e. The first kappa shape index (κ1) is 44.3. The number of carbonyl (C=O) groups is 4. The second-order valence-electron chi connectivity index (χ2n) is 15.3. The topological polar surface area (TPSA) is 174 Å². The molecule has 13 nitrogen and oxygen atoms in total.